The molecule has 0 bridgehead atoms. The lowest BCUT2D eigenvalue weighted by Gasteiger charge is -2.11. The molecular formula is C25H24F2N2O5. The predicted molar refractivity (Wildman–Crippen MR) is 122 cm³/mol. The molecule has 2 aromatic heterocycles. The van der Waals surface area contributed by atoms with Crippen molar-refractivity contribution in [3.63, 3.8) is 0 Å². The van der Waals surface area contributed by atoms with Crippen molar-refractivity contribution in [3.8, 4) is 39.8 Å². The number of carboxylic acid groups (broad SMARTS) is 1. The smallest absolute Gasteiger partial charge is 0.290 e. The molecule has 1 unspecified atom stereocenters. The molecule has 0 spiro atoms. The van der Waals surface area contributed by atoms with Crippen molar-refractivity contribution in [2.24, 2.45) is 0 Å². The molecule has 0 aliphatic heterocycles. The van der Waals surface area contributed by atoms with Crippen molar-refractivity contribution in [1.82, 2.24) is 9.55 Å². The Morgan fingerprint density at radius 3 is 2.32 bits per heavy atom. The first-order valence-corrected chi connectivity index (χ1v) is 10.3. The highest BCUT2D eigenvalue weighted by Crippen LogP contribution is 2.33. The van der Waals surface area contributed by atoms with Crippen molar-refractivity contribution in [1.29, 1.82) is 0 Å². The number of halogens is 2. The van der Waals surface area contributed by atoms with Gasteiger partial charge in [0.25, 0.3) is 6.47 Å². The number of methoxy groups -OCH3 is 2. The van der Waals surface area contributed by atoms with Crippen LogP contribution in [0.2, 0.25) is 0 Å². The third-order valence-corrected chi connectivity index (χ3v) is 5.12. The fraction of sp³-hybridized carbons (Fsp3) is 0.200. The Labute approximate surface area is 195 Å². The van der Waals surface area contributed by atoms with E-state index in [1.54, 1.807) is 43.6 Å². The third kappa shape index (κ3) is 5.49. The number of ether oxygens (including phenoxy) is 2. The third-order valence-electron chi connectivity index (χ3n) is 5.12. The van der Waals surface area contributed by atoms with E-state index >= 15 is 0 Å². The van der Waals surface area contributed by atoms with E-state index in [1.165, 1.54) is 25.3 Å². The standard InChI is InChI=1S/C24H22F2N2O3.CH2O2/c1-15(29-2)14-28-11-10-27-24(28)23-9-8-21(31-23)18-6-4-16(12-19(18)25)17-5-7-22(30-3)20(26)13-17;2-1-3/h4-13,15H,14H2,1-3H3;1H,(H,2,3). The van der Waals surface area contributed by atoms with Gasteiger partial charge in [0.15, 0.2) is 23.2 Å². The summed E-state index contributed by atoms with van der Waals surface area (Å²) in [7, 11) is 3.05. The first-order chi connectivity index (χ1) is 16.4. The fourth-order valence-corrected chi connectivity index (χ4v) is 3.38. The largest absolute Gasteiger partial charge is 0.494 e. The Morgan fingerprint density at radius 1 is 1.06 bits per heavy atom. The van der Waals surface area contributed by atoms with E-state index in [-0.39, 0.29) is 18.3 Å². The fourth-order valence-electron chi connectivity index (χ4n) is 3.38. The number of hydrogen-bond donors (Lipinski definition) is 1. The van der Waals surface area contributed by atoms with Gasteiger partial charge in [0, 0.05) is 19.5 Å². The summed E-state index contributed by atoms with van der Waals surface area (Å²) in [6.07, 6.45) is 3.54. The van der Waals surface area contributed by atoms with E-state index in [0.717, 1.165) is 0 Å². The van der Waals surface area contributed by atoms with E-state index in [0.29, 0.717) is 40.6 Å². The summed E-state index contributed by atoms with van der Waals surface area (Å²) in [6.45, 7) is 2.33. The van der Waals surface area contributed by atoms with Crippen LogP contribution in [0.4, 0.5) is 8.78 Å². The zero-order valence-corrected chi connectivity index (χ0v) is 18.9. The maximum Gasteiger partial charge on any atom is 0.290 e. The molecule has 0 aliphatic carbocycles. The van der Waals surface area contributed by atoms with Gasteiger partial charge >= 0.3 is 0 Å². The van der Waals surface area contributed by atoms with E-state index in [9.17, 15) is 8.78 Å². The summed E-state index contributed by atoms with van der Waals surface area (Å²) in [6, 6.07) is 12.7. The van der Waals surface area contributed by atoms with E-state index < -0.39 is 11.6 Å². The molecule has 2 heterocycles. The van der Waals surface area contributed by atoms with Crippen LogP contribution in [0, 0.1) is 11.6 Å². The molecule has 34 heavy (non-hydrogen) atoms. The van der Waals surface area contributed by atoms with Crippen LogP contribution in [0.15, 0.2) is 65.3 Å². The van der Waals surface area contributed by atoms with Gasteiger partial charge in [0.2, 0.25) is 0 Å². The van der Waals surface area contributed by atoms with Crippen LogP contribution in [0.1, 0.15) is 6.92 Å². The van der Waals surface area contributed by atoms with Crippen molar-refractivity contribution in [2.45, 2.75) is 19.6 Å². The Hall–Kier alpha value is -3.98. The first kappa shape index (κ1) is 24.7. The number of rotatable bonds is 7. The van der Waals surface area contributed by atoms with Gasteiger partial charge < -0.3 is 23.6 Å². The minimum Gasteiger partial charge on any atom is -0.494 e. The lowest BCUT2D eigenvalue weighted by atomic mass is 10.0. The molecule has 1 atom stereocenters. The molecule has 0 saturated carbocycles. The lowest BCUT2D eigenvalue weighted by Crippen LogP contribution is -2.14. The first-order valence-electron chi connectivity index (χ1n) is 10.3. The zero-order valence-electron chi connectivity index (χ0n) is 18.9. The van der Waals surface area contributed by atoms with Crippen LogP contribution >= 0.6 is 0 Å². The predicted octanol–water partition coefficient (Wildman–Crippen LogP) is 5.50. The number of furan rings is 1. The summed E-state index contributed by atoms with van der Waals surface area (Å²) in [5.74, 6) is 0.728. The van der Waals surface area contributed by atoms with Crippen molar-refractivity contribution in [3.05, 3.63) is 72.6 Å². The molecular weight excluding hydrogens is 446 g/mol. The molecule has 2 aromatic carbocycles. The molecule has 0 saturated heterocycles. The van der Waals surface area contributed by atoms with Crippen LogP contribution in [-0.2, 0) is 16.1 Å². The SMILES string of the molecule is COc1ccc(-c2ccc(-c3ccc(-c4nccn4CC(C)OC)o3)c(F)c2)cc1F.O=CO. The molecule has 0 amide bonds. The maximum absolute atomic E-state index is 14.9. The zero-order chi connectivity index (χ0) is 24.7. The number of aromatic nitrogens is 2. The van der Waals surface area contributed by atoms with Crippen LogP contribution in [0.5, 0.6) is 5.75 Å². The van der Waals surface area contributed by atoms with Crippen LogP contribution in [0.3, 0.4) is 0 Å². The molecule has 7 nitrogen and oxygen atoms in total. The Balaban J connectivity index is 0.00000103. The van der Waals surface area contributed by atoms with Gasteiger partial charge in [-0.05, 0) is 54.4 Å². The summed E-state index contributed by atoms with van der Waals surface area (Å²) < 4.78 is 47.0. The van der Waals surface area contributed by atoms with Gasteiger partial charge in [-0.25, -0.2) is 13.8 Å². The lowest BCUT2D eigenvalue weighted by molar-refractivity contribution is -0.122. The summed E-state index contributed by atoms with van der Waals surface area (Å²) in [4.78, 5) is 12.7. The van der Waals surface area contributed by atoms with Gasteiger partial charge in [-0.3, -0.25) is 4.79 Å². The van der Waals surface area contributed by atoms with Crippen molar-refractivity contribution < 1.29 is 32.6 Å². The Bertz CT molecular complexity index is 1250. The Morgan fingerprint density at radius 2 is 1.71 bits per heavy atom. The highest BCUT2D eigenvalue weighted by Gasteiger charge is 2.16. The van der Waals surface area contributed by atoms with Crippen LogP contribution < -0.4 is 4.74 Å². The van der Waals surface area contributed by atoms with Gasteiger partial charge in [0.1, 0.15) is 11.6 Å². The number of imidazole rings is 1. The molecule has 1 N–H and O–H groups in total. The second-order valence-electron chi connectivity index (χ2n) is 7.26. The molecule has 0 aliphatic rings. The normalized spacial score (nSPS) is 11.4. The summed E-state index contributed by atoms with van der Waals surface area (Å²) >= 11 is 0. The monoisotopic (exact) mass is 470 g/mol. The Kier molecular flexibility index (Phi) is 8.15. The van der Waals surface area contributed by atoms with Crippen molar-refractivity contribution in [2.75, 3.05) is 14.2 Å². The quantitative estimate of drug-likeness (QED) is 0.359. The average Bonchev–Trinajstić information content (AvgIpc) is 3.49. The van der Waals surface area contributed by atoms with Crippen LogP contribution in [0.25, 0.3) is 34.0 Å². The molecule has 178 valence electrons. The molecule has 9 heteroatoms. The van der Waals surface area contributed by atoms with Gasteiger partial charge in [-0.15, -0.1) is 0 Å². The number of carbonyl (C=O) groups is 1. The maximum atomic E-state index is 14.9. The molecule has 0 fully saturated rings. The minimum atomic E-state index is -0.501. The van der Waals surface area contributed by atoms with Crippen molar-refractivity contribution >= 4 is 6.47 Å². The van der Waals surface area contributed by atoms with Crippen LogP contribution in [-0.4, -0.2) is 41.5 Å². The second kappa shape index (κ2) is 11.2. The molecule has 4 aromatic rings. The summed E-state index contributed by atoms with van der Waals surface area (Å²) in [5.41, 5.74) is 1.42. The highest BCUT2D eigenvalue weighted by molar-refractivity contribution is 5.70. The van der Waals surface area contributed by atoms with Gasteiger partial charge in [-0.1, -0.05) is 12.1 Å². The average molecular weight is 470 g/mol. The summed E-state index contributed by atoms with van der Waals surface area (Å²) in [5, 5.41) is 6.89. The van der Waals surface area contributed by atoms with Gasteiger partial charge in [-0.2, -0.15) is 0 Å². The molecule has 0 radical (unpaired) electrons. The van der Waals surface area contributed by atoms with E-state index in [2.05, 4.69) is 4.98 Å². The number of hydrogen-bond acceptors (Lipinski definition) is 5. The minimum absolute atomic E-state index is 0.00941. The number of nitrogens with zero attached hydrogens (tertiary/aromatic N) is 2. The highest BCUT2D eigenvalue weighted by atomic mass is 19.1. The second-order valence-corrected chi connectivity index (χ2v) is 7.26. The number of benzene rings is 2. The topological polar surface area (TPSA) is 86.7 Å². The van der Waals surface area contributed by atoms with Gasteiger partial charge in [0.05, 0.1) is 25.3 Å². The van der Waals surface area contributed by atoms with E-state index in [1.807, 2.05) is 17.7 Å². The van der Waals surface area contributed by atoms with E-state index in [4.69, 9.17) is 23.8 Å². The molecule has 4 rings (SSSR count).